The van der Waals surface area contributed by atoms with Crippen molar-refractivity contribution in [2.45, 2.75) is 19.8 Å². The molecule has 0 radical (unpaired) electrons. The van der Waals surface area contributed by atoms with Crippen molar-refractivity contribution in [3.05, 3.63) is 0 Å². The molecule has 0 heterocycles. The predicted molar refractivity (Wildman–Crippen MR) is 65.0 cm³/mol. The fourth-order valence-electron chi connectivity index (χ4n) is 1.35. The molecule has 0 amide bonds. The molecule has 0 saturated heterocycles. The second-order valence-electron chi connectivity index (χ2n) is 3.91. The van der Waals surface area contributed by atoms with Gasteiger partial charge < -0.3 is 10.2 Å². The number of rotatable bonds is 9. The summed E-state index contributed by atoms with van der Waals surface area (Å²) in [6.07, 6.45) is 1.77. The molecule has 0 aromatic heterocycles. The van der Waals surface area contributed by atoms with E-state index in [1.807, 2.05) is 21.0 Å². The van der Waals surface area contributed by atoms with Crippen LogP contribution >= 0.6 is 0 Å². The standard InChI is InChI=1S/C10H24N2O2S/c1-4-9-15(13,14)10-8-12(3)7-5-6-11-2/h11H,4-10H2,1-3H3. The highest BCUT2D eigenvalue weighted by molar-refractivity contribution is 7.91. The van der Waals surface area contributed by atoms with Crippen LogP contribution in [0.15, 0.2) is 0 Å². The normalized spacial score (nSPS) is 12.3. The van der Waals surface area contributed by atoms with Gasteiger partial charge in [0.2, 0.25) is 0 Å². The van der Waals surface area contributed by atoms with Gasteiger partial charge in [0.25, 0.3) is 0 Å². The summed E-state index contributed by atoms with van der Waals surface area (Å²) in [5.74, 6) is 0.605. The highest BCUT2D eigenvalue weighted by atomic mass is 32.2. The summed E-state index contributed by atoms with van der Waals surface area (Å²) in [6, 6.07) is 0. The van der Waals surface area contributed by atoms with Crippen molar-refractivity contribution in [1.82, 2.24) is 10.2 Å². The molecule has 1 N–H and O–H groups in total. The van der Waals surface area contributed by atoms with Crippen LogP contribution in [0.1, 0.15) is 19.8 Å². The number of sulfone groups is 1. The lowest BCUT2D eigenvalue weighted by Gasteiger charge is -2.16. The molecule has 0 fully saturated rings. The first-order chi connectivity index (χ1) is 7.02. The minimum atomic E-state index is -2.81. The predicted octanol–water partition coefficient (Wildman–Crippen LogP) is 0.353. The highest BCUT2D eigenvalue weighted by Gasteiger charge is 2.10. The summed E-state index contributed by atoms with van der Waals surface area (Å²) >= 11 is 0. The van der Waals surface area contributed by atoms with E-state index in [0.29, 0.717) is 18.7 Å². The van der Waals surface area contributed by atoms with E-state index >= 15 is 0 Å². The Morgan fingerprint density at radius 3 is 2.40 bits per heavy atom. The third-order valence-electron chi connectivity index (χ3n) is 2.27. The number of hydrogen-bond acceptors (Lipinski definition) is 4. The fourth-order valence-corrected chi connectivity index (χ4v) is 2.76. The quantitative estimate of drug-likeness (QED) is 0.587. The van der Waals surface area contributed by atoms with Gasteiger partial charge in [-0.15, -0.1) is 0 Å². The highest BCUT2D eigenvalue weighted by Crippen LogP contribution is 1.95. The van der Waals surface area contributed by atoms with Gasteiger partial charge in [0.05, 0.1) is 5.75 Å². The monoisotopic (exact) mass is 236 g/mol. The molecule has 0 atom stereocenters. The zero-order chi connectivity index (χ0) is 11.7. The summed E-state index contributed by atoms with van der Waals surface area (Å²) in [4.78, 5) is 2.07. The average molecular weight is 236 g/mol. The van der Waals surface area contributed by atoms with E-state index < -0.39 is 9.84 Å². The summed E-state index contributed by atoms with van der Waals surface area (Å²) in [5, 5.41) is 3.07. The zero-order valence-corrected chi connectivity index (χ0v) is 10.9. The first-order valence-electron chi connectivity index (χ1n) is 5.55. The Balaban J connectivity index is 3.65. The average Bonchev–Trinajstić information content (AvgIpc) is 2.15. The first kappa shape index (κ1) is 14.9. The lowest BCUT2D eigenvalue weighted by Crippen LogP contribution is -2.29. The minimum absolute atomic E-state index is 0.289. The Labute approximate surface area is 94.0 Å². The summed E-state index contributed by atoms with van der Waals surface area (Å²) in [6.45, 7) is 4.47. The molecule has 0 aromatic rings. The van der Waals surface area contributed by atoms with Crippen molar-refractivity contribution >= 4 is 9.84 Å². The van der Waals surface area contributed by atoms with Gasteiger partial charge in [0, 0.05) is 12.3 Å². The second kappa shape index (κ2) is 8.07. The topological polar surface area (TPSA) is 49.4 Å². The molecule has 0 aliphatic heterocycles. The molecule has 0 aliphatic carbocycles. The van der Waals surface area contributed by atoms with E-state index in [1.165, 1.54) is 0 Å². The molecular formula is C10H24N2O2S. The van der Waals surface area contributed by atoms with Crippen LogP contribution in [0.3, 0.4) is 0 Å². The van der Waals surface area contributed by atoms with Gasteiger partial charge in [-0.25, -0.2) is 8.42 Å². The molecule has 0 spiro atoms. The summed E-state index contributed by atoms with van der Waals surface area (Å²) in [7, 11) is 1.08. The van der Waals surface area contributed by atoms with Crippen LogP contribution in [0, 0.1) is 0 Å². The van der Waals surface area contributed by atoms with Crippen molar-refractivity contribution in [3.63, 3.8) is 0 Å². The van der Waals surface area contributed by atoms with Crippen LogP contribution in [0.2, 0.25) is 0 Å². The van der Waals surface area contributed by atoms with E-state index in [1.54, 1.807) is 0 Å². The van der Waals surface area contributed by atoms with E-state index in [2.05, 4.69) is 10.2 Å². The first-order valence-corrected chi connectivity index (χ1v) is 7.37. The van der Waals surface area contributed by atoms with Crippen molar-refractivity contribution in [2.24, 2.45) is 0 Å². The van der Waals surface area contributed by atoms with E-state index in [-0.39, 0.29) is 5.75 Å². The molecule has 15 heavy (non-hydrogen) atoms. The third-order valence-corrected chi connectivity index (χ3v) is 4.10. The number of nitrogens with one attached hydrogen (secondary N) is 1. The van der Waals surface area contributed by atoms with Gasteiger partial charge in [-0.2, -0.15) is 0 Å². The van der Waals surface area contributed by atoms with Gasteiger partial charge in [-0.05, 0) is 40.0 Å². The maximum atomic E-state index is 11.4. The third kappa shape index (κ3) is 8.84. The summed E-state index contributed by atoms with van der Waals surface area (Å²) < 4.78 is 22.9. The maximum Gasteiger partial charge on any atom is 0.151 e. The Hall–Kier alpha value is -0.130. The molecule has 0 unspecified atom stereocenters. The Morgan fingerprint density at radius 1 is 1.20 bits per heavy atom. The lowest BCUT2D eigenvalue weighted by atomic mass is 10.4. The van der Waals surface area contributed by atoms with Crippen molar-refractivity contribution in [1.29, 1.82) is 0 Å². The van der Waals surface area contributed by atoms with Crippen LogP contribution < -0.4 is 5.32 Å². The molecular weight excluding hydrogens is 212 g/mol. The largest absolute Gasteiger partial charge is 0.320 e. The van der Waals surface area contributed by atoms with Gasteiger partial charge in [-0.3, -0.25) is 0 Å². The molecule has 92 valence electrons. The van der Waals surface area contributed by atoms with Gasteiger partial charge in [-0.1, -0.05) is 6.92 Å². The summed E-state index contributed by atoms with van der Waals surface area (Å²) in [5.41, 5.74) is 0. The fraction of sp³-hybridized carbons (Fsp3) is 1.00. The van der Waals surface area contributed by atoms with Gasteiger partial charge in [0.15, 0.2) is 9.84 Å². The second-order valence-corrected chi connectivity index (χ2v) is 6.22. The molecule has 0 aromatic carbocycles. The minimum Gasteiger partial charge on any atom is -0.320 e. The van der Waals surface area contributed by atoms with Crippen LogP contribution in [0.4, 0.5) is 0 Å². The zero-order valence-electron chi connectivity index (χ0n) is 10.1. The number of nitrogens with zero attached hydrogens (tertiary/aromatic N) is 1. The molecule has 5 heteroatoms. The van der Waals surface area contributed by atoms with Crippen LogP contribution in [0.25, 0.3) is 0 Å². The molecule has 0 bridgehead atoms. The van der Waals surface area contributed by atoms with Crippen LogP contribution in [-0.4, -0.2) is 58.6 Å². The van der Waals surface area contributed by atoms with Gasteiger partial charge in [0.1, 0.15) is 0 Å². The Morgan fingerprint density at radius 2 is 1.87 bits per heavy atom. The maximum absolute atomic E-state index is 11.4. The van der Waals surface area contributed by atoms with E-state index in [9.17, 15) is 8.42 Å². The van der Waals surface area contributed by atoms with Crippen LogP contribution in [-0.2, 0) is 9.84 Å². The lowest BCUT2D eigenvalue weighted by molar-refractivity contribution is 0.346. The van der Waals surface area contributed by atoms with Crippen molar-refractivity contribution in [3.8, 4) is 0 Å². The van der Waals surface area contributed by atoms with Crippen molar-refractivity contribution in [2.75, 3.05) is 45.2 Å². The van der Waals surface area contributed by atoms with Crippen LogP contribution in [0.5, 0.6) is 0 Å². The molecule has 0 saturated carbocycles. The smallest absolute Gasteiger partial charge is 0.151 e. The van der Waals surface area contributed by atoms with Gasteiger partial charge >= 0.3 is 0 Å². The molecule has 0 aliphatic rings. The van der Waals surface area contributed by atoms with Crippen molar-refractivity contribution < 1.29 is 8.42 Å². The Kier molecular flexibility index (Phi) is 8.00. The van der Waals surface area contributed by atoms with E-state index in [0.717, 1.165) is 19.5 Å². The SMILES string of the molecule is CCCS(=O)(=O)CCN(C)CCCNC. The molecule has 0 rings (SSSR count). The molecule has 4 nitrogen and oxygen atoms in total. The van der Waals surface area contributed by atoms with E-state index in [4.69, 9.17) is 0 Å². The number of hydrogen-bond donors (Lipinski definition) is 1. The Bertz CT molecular complexity index is 240.